The molecule has 0 aliphatic carbocycles. The number of carbonyl (C=O) groups excluding carboxylic acids is 6. The van der Waals surface area contributed by atoms with Crippen molar-refractivity contribution in [2.75, 3.05) is 33.9 Å². The van der Waals surface area contributed by atoms with Crippen molar-refractivity contribution in [3.63, 3.8) is 0 Å². The third-order valence-electron chi connectivity index (χ3n) is 13.2. The lowest BCUT2D eigenvalue weighted by Gasteiger charge is -2.21. The molecule has 0 fully saturated rings. The molecule has 1 amide bonds. The molecule has 2 aromatic carbocycles. The van der Waals surface area contributed by atoms with Gasteiger partial charge >= 0.3 is 30.0 Å². The fourth-order valence-electron chi connectivity index (χ4n) is 8.72. The second-order valence-corrected chi connectivity index (χ2v) is 20.5. The van der Waals surface area contributed by atoms with Crippen LogP contribution in [-0.4, -0.2) is 87.5 Å². The van der Waals surface area contributed by atoms with Crippen LogP contribution in [0.25, 0.3) is 10.8 Å². The second-order valence-electron chi connectivity index (χ2n) is 20.5. The van der Waals surface area contributed by atoms with Crippen LogP contribution in [0.1, 0.15) is 233 Å². The normalized spacial score (nSPS) is 12.0. The van der Waals surface area contributed by atoms with Crippen molar-refractivity contribution in [1.29, 1.82) is 0 Å². The molecule has 0 spiro atoms. The number of fused-ring (bicyclic) bond motifs is 1. The van der Waals surface area contributed by atoms with E-state index in [0.29, 0.717) is 25.8 Å². The van der Waals surface area contributed by atoms with Crippen LogP contribution in [0.15, 0.2) is 60.7 Å². The van der Waals surface area contributed by atoms with Gasteiger partial charge in [-0.3, -0.25) is 19.2 Å². The fourth-order valence-corrected chi connectivity index (χ4v) is 8.72. The van der Waals surface area contributed by atoms with E-state index in [1.807, 2.05) is 36.4 Å². The number of unbranched alkanes of at least 4 members (excludes halogenated alkanes) is 22. The standard InChI is InChI=1S/C62H99NO11.C2H4O/c1-7-9-11-13-15-17-19-21-23-25-27-29-31-33-35-40-58(64)70-49-56(50-71-59(65)41-36-34-32-30-28-26-24-22-20-18-16-14-12-10-8-2)74-61(67)47-51(3)46-60(66)72-52(4)73-62(68)63(5)45-44-54-39-37-38-53-42-43-55(69-6)48-57(53)54;1-2-3/h21-24,37-39,42-43,48,51-52,56H,7-20,25-36,40-41,44-47,49-50H2,1-6H3;2H,1H3/b23-21-,24-22-;. The van der Waals surface area contributed by atoms with Gasteiger partial charge in [-0.05, 0) is 112 Å². The van der Waals surface area contributed by atoms with Crippen molar-refractivity contribution >= 4 is 47.0 Å². The molecule has 0 aliphatic heterocycles. The Morgan fingerprint density at radius 3 is 1.47 bits per heavy atom. The zero-order valence-electron chi connectivity index (χ0n) is 49.0. The number of benzene rings is 2. The van der Waals surface area contributed by atoms with Gasteiger partial charge in [-0.2, -0.15) is 0 Å². The first-order chi connectivity index (χ1) is 37.4. The largest absolute Gasteiger partial charge is 0.497 e. The number of methoxy groups -OCH3 is 1. The van der Waals surface area contributed by atoms with Gasteiger partial charge in [0.1, 0.15) is 25.2 Å². The number of rotatable bonds is 45. The maximum atomic E-state index is 13.2. The van der Waals surface area contributed by atoms with E-state index in [1.165, 1.54) is 95.8 Å². The average molecular weight is 1080 g/mol. The first-order valence-electron chi connectivity index (χ1n) is 29.7. The minimum Gasteiger partial charge on any atom is -0.497 e. The Bertz CT molecular complexity index is 1870. The summed E-state index contributed by atoms with van der Waals surface area (Å²) in [5, 5.41) is 2.10. The molecule has 0 bridgehead atoms. The topological polar surface area (TPSA) is 161 Å². The Hall–Kier alpha value is -5.20. The molecule has 13 heteroatoms. The Morgan fingerprint density at radius 2 is 1.00 bits per heavy atom. The quantitative estimate of drug-likeness (QED) is 0.0154. The van der Waals surface area contributed by atoms with E-state index in [9.17, 15) is 24.0 Å². The molecule has 77 heavy (non-hydrogen) atoms. The molecular formula is C64H103NO12. The summed E-state index contributed by atoms with van der Waals surface area (Å²) in [6.45, 7) is 8.96. The first kappa shape index (κ1) is 69.8. The van der Waals surface area contributed by atoms with Crippen LogP contribution >= 0.6 is 0 Å². The van der Waals surface area contributed by atoms with Gasteiger partial charge in [-0.25, -0.2) is 4.79 Å². The zero-order chi connectivity index (χ0) is 56.6. The van der Waals surface area contributed by atoms with Crippen LogP contribution in [0, 0.1) is 5.92 Å². The summed E-state index contributed by atoms with van der Waals surface area (Å²) in [5.41, 5.74) is 1.05. The predicted molar refractivity (Wildman–Crippen MR) is 310 cm³/mol. The van der Waals surface area contributed by atoms with Crippen molar-refractivity contribution in [3.8, 4) is 5.75 Å². The van der Waals surface area contributed by atoms with Crippen molar-refractivity contribution in [3.05, 3.63) is 66.3 Å². The van der Waals surface area contributed by atoms with E-state index in [4.69, 9.17) is 33.2 Å². The highest BCUT2D eigenvalue weighted by Crippen LogP contribution is 2.25. The monoisotopic (exact) mass is 1080 g/mol. The van der Waals surface area contributed by atoms with Gasteiger partial charge in [0.05, 0.1) is 7.11 Å². The molecule has 436 valence electrons. The molecule has 0 saturated carbocycles. The Balaban J connectivity index is 0.00000964. The lowest BCUT2D eigenvalue weighted by Crippen LogP contribution is -2.33. The molecule has 0 radical (unpaired) electrons. The summed E-state index contributed by atoms with van der Waals surface area (Å²) in [6, 6.07) is 11.9. The van der Waals surface area contributed by atoms with Crippen LogP contribution in [0.2, 0.25) is 0 Å². The Labute approximate surface area is 465 Å². The van der Waals surface area contributed by atoms with E-state index in [2.05, 4.69) is 38.2 Å². The molecule has 0 N–H and O–H groups in total. The van der Waals surface area contributed by atoms with Crippen LogP contribution in [0.4, 0.5) is 4.79 Å². The molecule has 2 atom stereocenters. The lowest BCUT2D eigenvalue weighted by molar-refractivity contribution is -0.170. The molecule has 2 rings (SSSR count). The number of esters is 4. The maximum Gasteiger partial charge on any atom is 0.412 e. The Morgan fingerprint density at radius 1 is 0.558 bits per heavy atom. The van der Waals surface area contributed by atoms with Crippen LogP contribution in [0.5, 0.6) is 5.75 Å². The molecule has 2 aromatic rings. The molecule has 0 heterocycles. The smallest absolute Gasteiger partial charge is 0.412 e. The average Bonchev–Trinajstić information content (AvgIpc) is 3.40. The summed E-state index contributed by atoms with van der Waals surface area (Å²) >= 11 is 0. The molecule has 0 saturated heterocycles. The van der Waals surface area contributed by atoms with Gasteiger partial charge in [0.2, 0.25) is 6.29 Å². The van der Waals surface area contributed by atoms with Gasteiger partial charge in [-0.1, -0.05) is 172 Å². The summed E-state index contributed by atoms with van der Waals surface area (Å²) in [6.07, 6.45) is 38.1. The van der Waals surface area contributed by atoms with E-state index in [0.717, 1.165) is 105 Å². The van der Waals surface area contributed by atoms with Gasteiger partial charge in [0.25, 0.3) is 0 Å². The van der Waals surface area contributed by atoms with Gasteiger partial charge < -0.3 is 38.1 Å². The Kier molecular flexibility index (Phi) is 43.5. The predicted octanol–water partition coefficient (Wildman–Crippen LogP) is 16.0. The third kappa shape index (κ3) is 38.9. The maximum absolute atomic E-state index is 13.2. The van der Waals surface area contributed by atoms with E-state index >= 15 is 0 Å². The minimum absolute atomic E-state index is 0.141. The van der Waals surface area contributed by atoms with Crippen molar-refractivity contribution in [1.82, 2.24) is 4.90 Å². The highest BCUT2D eigenvalue weighted by atomic mass is 16.7. The van der Waals surface area contributed by atoms with Crippen LogP contribution in [0.3, 0.4) is 0 Å². The number of hydrogen-bond donors (Lipinski definition) is 0. The second kappa shape index (κ2) is 48.0. The van der Waals surface area contributed by atoms with Crippen LogP contribution in [-0.2, 0) is 54.1 Å². The van der Waals surface area contributed by atoms with Crippen molar-refractivity contribution in [2.24, 2.45) is 5.92 Å². The van der Waals surface area contributed by atoms with E-state index in [1.54, 1.807) is 21.1 Å². The fraction of sp³-hybridized carbons (Fsp3) is 0.688. The number of likely N-dealkylation sites (N-methyl/N-ethyl adjacent to an activating group) is 1. The summed E-state index contributed by atoms with van der Waals surface area (Å²) in [7, 11) is 3.24. The van der Waals surface area contributed by atoms with Gasteiger partial charge in [0.15, 0.2) is 6.10 Å². The number of hydrogen-bond acceptors (Lipinski definition) is 12. The van der Waals surface area contributed by atoms with E-state index < -0.39 is 48.3 Å². The first-order valence-corrected chi connectivity index (χ1v) is 29.7. The SMILES string of the molecule is CC=O.CCCCCCCC/C=C\CCCCCCCC(=O)OCC(COC(=O)CCCCCCC/C=C\CCCCCCCC)OC(=O)CC(C)CC(=O)OC(C)OC(=O)N(C)CCc1cccc2ccc(OC)cc12. The number of aldehydes is 1. The highest BCUT2D eigenvalue weighted by molar-refractivity contribution is 5.87. The molecule has 2 unspecified atom stereocenters. The molecule has 0 aliphatic rings. The van der Waals surface area contributed by atoms with Crippen molar-refractivity contribution < 1.29 is 57.2 Å². The van der Waals surface area contributed by atoms with Gasteiger partial charge in [0, 0.05) is 46.2 Å². The highest BCUT2D eigenvalue weighted by Gasteiger charge is 2.24. The zero-order valence-corrected chi connectivity index (χ0v) is 49.0. The summed E-state index contributed by atoms with van der Waals surface area (Å²) < 4.78 is 32.9. The van der Waals surface area contributed by atoms with E-state index in [-0.39, 0.29) is 38.9 Å². The number of ether oxygens (including phenoxy) is 6. The number of nitrogens with zero attached hydrogens (tertiary/aromatic N) is 1. The van der Waals surface area contributed by atoms with Gasteiger partial charge in [-0.15, -0.1) is 0 Å². The third-order valence-corrected chi connectivity index (χ3v) is 13.2. The molecule has 13 nitrogen and oxygen atoms in total. The van der Waals surface area contributed by atoms with Crippen molar-refractivity contribution in [2.45, 2.75) is 246 Å². The summed E-state index contributed by atoms with van der Waals surface area (Å²) in [5.74, 6) is -1.82. The van der Waals surface area contributed by atoms with Crippen LogP contribution < -0.4 is 4.74 Å². The summed E-state index contributed by atoms with van der Waals surface area (Å²) in [4.78, 5) is 74.6. The molecule has 0 aromatic heterocycles. The lowest BCUT2D eigenvalue weighted by atomic mass is 10.0. The minimum atomic E-state index is -1.16. The number of amides is 1. The number of allylic oxidation sites excluding steroid dienone is 4. The molecular weight excluding hydrogens is 975 g/mol. The number of carbonyl (C=O) groups is 6.